The molecule has 1 saturated heterocycles. The fourth-order valence-corrected chi connectivity index (χ4v) is 5.97. The molecular formula is C23H26N4OS. The molecule has 2 heterocycles. The van der Waals surface area contributed by atoms with Gasteiger partial charge in [0.05, 0.1) is 33.5 Å². The van der Waals surface area contributed by atoms with Crippen molar-refractivity contribution in [2.24, 2.45) is 0 Å². The Labute approximate surface area is 175 Å². The Morgan fingerprint density at radius 3 is 2.52 bits per heavy atom. The van der Waals surface area contributed by atoms with E-state index in [1.807, 2.05) is 28.6 Å². The maximum atomic E-state index is 13.0. The van der Waals surface area contributed by atoms with E-state index in [4.69, 9.17) is 0 Å². The van der Waals surface area contributed by atoms with Gasteiger partial charge in [-0.2, -0.15) is 0 Å². The number of benzene rings is 2. The van der Waals surface area contributed by atoms with E-state index in [0.717, 1.165) is 48.1 Å². The number of anilines is 1. The highest BCUT2D eigenvalue weighted by Gasteiger charge is 2.50. The van der Waals surface area contributed by atoms with Crippen molar-refractivity contribution >= 4 is 33.3 Å². The Kier molecular flexibility index (Phi) is 4.37. The summed E-state index contributed by atoms with van der Waals surface area (Å²) < 4.78 is 1.09. The number of hydrogen-bond donors (Lipinski definition) is 1. The molecule has 2 aliphatic rings. The molecule has 0 unspecified atom stereocenters. The van der Waals surface area contributed by atoms with Crippen LogP contribution in [0.15, 0.2) is 54.0 Å². The third-order valence-corrected chi connectivity index (χ3v) is 7.77. The Morgan fingerprint density at radius 2 is 1.79 bits per heavy atom. The van der Waals surface area contributed by atoms with Crippen LogP contribution in [0.25, 0.3) is 10.2 Å². The number of carbonyl (C=O) groups excluding carboxylic acids is 1. The minimum absolute atomic E-state index is 0.0166. The van der Waals surface area contributed by atoms with E-state index in [0.29, 0.717) is 0 Å². The van der Waals surface area contributed by atoms with Crippen LogP contribution < -0.4 is 10.2 Å². The van der Waals surface area contributed by atoms with Crippen LogP contribution in [0.1, 0.15) is 31.2 Å². The zero-order valence-electron chi connectivity index (χ0n) is 16.9. The van der Waals surface area contributed by atoms with Crippen molar-refractivity contribution in [2.45, 2.75) is 36.8 Å². The van der Waals surface area contributed by atoms with Gasteiger partial charge >= 0.3 is 6.03 Å². The molecule has 6 heteroatoms. The van der Waals surface area contributed by atoms with Crippen LogP contribution in [0.2, 0.25) is 0 Å². The summed E-state index contributed by atoms with van der Waals surface area (Å²) in [6, 6.07) is 16.8. The number of thiazole rings is 1. The lowest BCUT2D eigenvalue weighted by Gasteiger charge is -2.48. The molecule has 5 nitrogen and oxygen atoms in total. The predicted molar refractivity (Wildman–Crippen MR) is 119 cm³/mol. The summed E-state index contributed by atoms with van der Waals surface area (Å²) in [6.45, 7) is 0.723. The van der Waals surface area contributed by atoms with Gasteiger partial charge in [0, 0.05) is 5.54 Å². The molecular weight excluding hydrogens is 380 g/mol. The van der Waals surface area contributed by atoms with E-state index in [1.165, 1.54) is 5.56 Å². The van der Waals surface area contributed by atoms with E-state index >= 15 is 0 Å². The summed E-state index contributed by atoms with van der Waals surface area (Å²) in [5.41, 5.74) is 5.03. The largest absolute Gasteiger partial charge is 0.330 e. The summed E-state index contributed by atoms with van der Waals surface area (Å²) in [4.78, 5) is 21.7. The van der Waals surface area contributed by atoms with Crippen molar-refractivity contribution in [3.63, 3.8) is 0 Å². The maximum absolute atomic E-state index is 13.0. The summed E-state index contributed by atoms with van der Waals surface area (Å²) in [5, 5.41) is 3.36. The third-order valence-electron chi connectivity index (χ3n) is 6.91. The number of aromatic nitrogens is 1. The van der Waals surface area contributed by atoms with E-state index in [9.17, 15) is 4.79 Å². The van der Waals surface area contributed by atoms with Crippen molar-refractivity contribution < 1.29 is 4.79 Å². The van der Waals surface area contributed by atoms with Gasteiger partial charge in [0.2, 0.25) is 0 Å². The van der Waals surface area contributed by atoms with Crippen molar-refractivity contribution in [1.82, 2.24) is 15.2 Å². The summed E-state index contributed by atoms with van der Waals surface area (Å²) in [5.74, 6) is 0. The average Bonchev–Trinajstić information content (AvgIpc) is 3.34. The molecule has 2 fully saturated rings. The maximum Gasteiger partial charge on any atom is 0.322 e. The van der Waals surface area contributed by atoms with Gasteiger partial charge in [-0.05, 0) is 57.5 Å². The highest BCUT2D eigenvalue weighted by Crippen LogP contribution is 2.46. The van der Waals surface area contributed by atoms with E-state index in [2.05, 4.69) is 59.6 Å². The number of rotatable bonds is 3. The van der Waals surface area contributed by atoms with Crippen LogP contribution in [0, 0.1) is 0 Å². The van der Waals surface area contributed by atoms with Gasteiger partial charge in [-0.1, -0.05) is 36.4 Å². The molecule has 150 valence electrons. The number of nitrogens with zero attached hydrogens (tertiary/aromatic N) is 3. The zero-order chi connectivity index (χ0) is 20.1. The molecule has 0 radical (unpaired) electrons. The minimum atomic E-state index is -0.155. The molecule has 2 amide bonds. The molecule has 1 N–H and O–H groups in total. The SMILES string of the molecule is CN(C)[C@]1(c2ccccc2)CC[C@]2(CC1)CN(c1cccc3ncsc13)C(=O)N2. The van der Waals surface area contributed by atoms with Gasteiger partial charge < -0.3 is 5.32 Å². The second-order valence-corrected chi connectivity index (χ2v) is 9.42. The first-order valence-electron chi connectivity index (χ1n) is 10.2. The number of nitrogens with one attached hydrogen (secondary N) is 1. The monoisotopic (exact) mass is 406 g/mol. The first-order chi connectivity index (χ1) is 14.0. The van der Waals surface area contributed by atoms with Crippen molar-refractivity contribution in [3.8, 4) is 0 Å². The van der Waals surface area contributed by atoms with Gasteiger partial charge in [0.25, 0.3) is 0 Å². The molecule has 1 aliphatic heterocycles. The molecule has 0 bridgehead atoms. The van der Waals surface area contributed by atoms with Gasteiger partial charge in [0.15, 0.2) is 0 Å². The molecule has 1 aromatic heterocycles. The van der Waals surface area contributed by atoms with Crippen LogP contribution in [-0.4, -0.2) is 42.1 Å². The number of amides is 2. The van der Waals surface area contributed by atoms with Gasteiger partial charge in [-0.3, -0.25) is 9.80 Å². The van der Waals surface area contributed by atoms with Crippen LogP contribution in [0.3, 0.4) is 0 Å². The molecule has 5 rings (SSSR count). The molecule has 3 aromatic rings. The van der Waals surface area contributed by atoms with E-state index < -0.39 is 0 Å². The Bertz CT molecular complexity index is 1040. The van der Waals surface area contributed by atoms with Crippen LogP contribution in [-0.2, 0) is 5.54 Å². The van der Waals surface area contributed by atoms with Crippen molar-refractivity contribution in [3.05, 3.63) is 59.6 Å². The Balaban J connectivity index is 1.41. The molecule has 0 atom stereocenters. The minimum Gasteiger partial charge on any atom is -0.330 e. The van der Waals surface area contributed by atoms with E-state index in [-0.39, 0.29) is 17.1 Å². The average molecular weight is 407 g/mol. The van der Waals surface area contributed by atoms with Crippen molar-refractivity contribution in [1.29, 1.82) is 0 Å². The molecule has 1 aliphatic carbocycles. The second-order valence-electron chi connectivity index (χ2n) is 8.57. The summed E-state index contributed by atoms with van der Waals surface area (Å²) in [7, 11) is 4.35. The van der Waals surface area contributed by atoms with Gasteiger partial charge in [-0.25, -0.2) is 9.78 Å². The highest BCUT2D eigenvalue weighted by molar-refractivity contribution is 7.17. The molecule has 2 aromatic carbocycles. The first-order valence-corrected chi connectivity index (χ1v) is 11.1. The molecule has 1 saturated carbocycles. The Hall–Kier alpha value is -2.44. The number of fused-ring (bicyclic) bond motifs is 1. The number of carbonyl (C=O) groups is 1. The lowest BCUT2D eigenvalue weighted by molar-refractivity contribution is 0.0658. The smallest absolute Gasteiger partial charge is 0.322 e. The fraction of sp³-hybridized carbons (Fsp3) is 0.391. The zero-order valence-corrected chi connectivity index (χ0v) is 17.7. The first kappa shape index (κ1) is 18.6. The summed E-state index contributed by atoms with van der Waals surface area (Å²) in [6.07, 6.45) is 4.01. The number of hydrogen-bond acceptors (Lipinski definition) is 4. The second kappa shape index (κ2) is 6.82. The van der Waals surface area contributed by atoms with Crippen LogP contribution in [0.5, 0.6) is 0 Å². The summed E-state index contributed by atoms with van der Waals surface area (Å²) >= 11 is 1.60. The quantitative estimate of drug-likeness (QED) is 0.692. The van der Waals surface area contributed by atoms with E-state index in [1.54, 1.807) is 11.3 Å². The van der Waals surface area contributed by atoms with Gasteiger partial charge in [0.1, 0.15) is 0 Å². The fourth-order valence-electron chi connectivity index (χ4n) is 5.15. The Morgan fingerprint density at radius 1 is 1.03 bits per heavy atom. The van der Waals surface area contributed by atoms with Crippen molar-refractivity contribution in [2.75, 3.05) is 25.5 Å². The predicted octanol–water partition coefficient (Wildman–Crippen LogP) is 4.60. The lowest BCUT2D eigenvalue weighted by Crippen LogP contribution is -2.54. The molecule has 1 spiro atoms. The third kappa shape index (κ3) is 2.93. The number of urea groups is 1. The lowest BCUT2D eigenvalue weighted by atomic mass is 9.69. The topological polar surface area (TPSA) is 48.5 Å². The normalized spacial score (nSPS) is 27.1. The van der Waals surface area contributed by atoms with Crippen LogP contribution >= 0.6 is 11.3 Å². The molecule has 29 heavy (non-hydrogen) atoms. The highest BCUT2D eigenvalue weighted by atomic mass is 32.1. The van der Waals surface area contributed by atoms with Gasteiger partial charge in [-0.15, -0.1) is 11.3 Å². The van der Waals surface area contributed by atoms with Crippen LogP contribution in [0.4, 0.5) is 10.5 Å². The standard InChI is InChI=1S/C23H26N4OS/c1-26(2)23(17-7-4-3-5-8-17)13-11-22(12-14-23)15-27(21(28)25-22)19-10-6-9-18-20(19)29-16-24-18/h3-10,16H,11-15H2,1-2H3,(H,25,28)/t22-,23+.